The lowest BCUT2D eigenvalue weighted by molar-refractivity contribution is -0.128. The Morgan fingerprint density at radius 3 is 2.43 bits per heavy atom. The standard InChI is InChI=1S/C22H18Cl2N2O4/c1-29-11-10-26-22(28)17(14-25)12-15-2-6-18(7-3-15)30-21(27)9-5-16-4-8-19(23)20(24)13-16/h2-9,12-13H,10-11H2,1H3,(H,26,28)/b9-5+,17-12+. The highest BCUT2D eigenvalue weighted by Gasteiger charge is 2.08. The number of carbonyl (C=O) groups is 2. The van der Waals surface area contributed by atoms with Gasteiger partial charge in [0.05, 0.1) is 16.7 Å². The summed E-state index contributed by atoms with van der Waals surface area (Å²) in [6.45, 7) is 0.656. The van der Waals surface area contributed by atoms with Crippen molar-refractivity contribution >= 4 is 47.2 Å². The summed E-state index contributed by atoms with van der Waals surface area (Å²) in [4.78, 5) is 23.9. The van der Waals surface area contributed by atoms with Gasteiger partial charge in [-0.3, -0.25) is 4.79 Å². The molecule has 0 saturated carbocycles. The Labute approximate surface area is 184 Å². The van der Waals surface area contributed by atoms with Crippen LogP contribution in [-0.4, -0.2) is 32.1 Å². The van der Waals surface area contributed by atoms with Gasteiger partial charge in [-0.1, -0.05) is 41.4 Å². The van der Waals surface area contributed by atoms with Gasteiger partial charge >= 0.3 is 5.97 Å². The minimum Gasteiger partial charge on any atom is -0.423 e. The Kier molecular flexibility index (Phi) is 9.10. The van der Waals surface area contributed by atoms with Crippen molar-refractivity contribution in [2.24, 2.45) is 0 Å². The van der Waals surface area contributed by atoms with E-state index in [1.807, 2.05) is 6.07 Å². The molecule has 2 rings (SSSR count). The number of esters is 1. The first-order valence-electron chi connectivity index (χ1n) is 8.77. The van der Waals surface area contributed by atoms with Crippen molar-refractivity contribution in [1.82, 2.24) is 5.32 Å². The summed E-state index contributed by atoms with van der Waals surface area (Å²) in [6, 6.07) is 13.2. The van der Waals surface area contributed by atoms with Crippen LogP contribution in [0, 0.1) is 11.3 Å². The van der Waals surface area contributed by atoms with Gasteiger partial charge in [-0.2, -0.15) is 5.26 Å². The zero-order valence-electron chi connectivity index (χ0n) is 16.0. The predicted molar refractivity (Wildman–Crippen MR) is 116 cm³/mol. The number of nitrogens with zero attached hydrogens (tertiary/aromatic N) is 1. The molecule has 0 fully saturated rings. The number of nitrogens with one attached hydrogen (secondary N) is 1. The number of hydrogen-bond acceptors (Lipinski definition) is 5. The first-order valence-corrected chi connectivity index (χ1v) is 9.52. The van der Waals surface area contributed by atoms with Crippen LogP contribution in [0.2, 0.25) is 10.0 Å². The third kappa shape index (κ3) is 7.37. The number of ether oxygens (including phenoxy) is 2. The molecule has 154 valence electrons. The fourth-order valence-corrected chi connectivity index (χ4v) is 2.55. The number of hydrogen-bond donors (Lipinski definition) is 1. The second-order valence-corrected chi connectivity index (χ2v) is 6.73. The lowest BCUT2D eigenvalue weighted by Gasteiger charge is -2.04. The van der Waals surface area contributed by atoms with E-state index in [0.29, 0.717) is 40.1 Å². The van der Waals surface area contributed by atoms with E-state index in [-0.39, 0.29) is 5.57 Å². The molecular weight excluding hydrogens is 427 g/mol. The molecule has 0 bridgehead atoms. The van der Waals surface area contributed by atoms with Crippen molar-refractivity contribution in [1.29, 1.82) is 5.26 Å². The Morgan fingerprint density at radius 1 is 1.10 bits per heavy atom. The minimum atomic E-state index is -0.570. The topological polar surface area (TPSA) is 88.4 Å². The van der Waals surface area contributed by atoms with Crippen molar-refractivity contribution in [2.75, 3.05) is 20.3 Å². The molecule has 0 heterocycles. The van der Waals surface area contributed by atoms with Crippen LogP contribution in [0.1, 0.15) is 11.1 Å². The van der Waals surface area contributed by atoms with Gasteiger partial charge in [0, 0.05) is 19.7 Å². The zero-order valence-corrected chi connectivity index (χ0v) is 17.5. The number of benzene rings is 2. The zero-order chi connectivity index (χ0) is 21.9. The van der Waals surface area contributed by atoms with E-state index in [9.17, 15) is 14.9 Å². The molecule has 0 saturated heterocycles. The number of carbonyl (C=O) groups excluding carboxylic acids is 2. The fraction of sp³-hybridized carbons (Fsp3) is 0.136. The van der Waals surface area contributed by atoms with Gasteiger partial charge in [0.25, 0.3) is 5.91 Å². The second kappa shape index (κ2) is 11.8. The molecule has 0 atom stereocenters. The van der Waals surface area contributed by atoms with Gasteiger partial charge in [-0.25, -0.2) is 4.79 Å². The third-order valence-corrected chi connectivity index (χ3v) is 4.46. The molecule has 0 aliphatic rings. The maximum atomic E-state index is 12.0. The molecule has 0 aliphatic carbocycles. The summed E-state index contributed by atoms with van der Waals surface area (Å²) in [5.74, 6) is -0.740. The molecule has 30 heavy (non-hydrogen) atoms. The van der Waals surface area contributed by atoms with Crippen LogP contribution in [0.4, 0.5) is 0 Å². The van der Waals surface area contributed by atoms with Crippen LogP contribution < -0.4 is 10.1 Å². The monoisotopic (exact) mass is 444 g/mol. The van der Waals surface area contributed by atoms with Crippen LogP contribution >= 0.6 is 23.2 Å². The van der Waals surface area contributed by atoms with E-state index >= 15 is 0 Å². The molecule has 0 spiro atoms. The van der Waals surface area contributed by atoms with E-state index in [4.69, 9.17) is 32.7 Å². The van der Waals surface area contributed by atoms with Gasteiger partial charge < -0.3 is 14.8 Å². The first kappa shape index (κ1) is 23.2. The molecule has 1 N–H and O–H groups in total. The summed E-state index contributed by atoms with van der Waals surface area (Å²) in [5.41, 5.74) is 1.27. The average Bonchev–Trinajstić information content (AvgIpc) is 2.74. The summed E-state index contributed by atoms with van der Waals surface area (Å²) >= 11 is 11.8. The number of methoxy groups -OCH3 is 1. The van der Waals surface area contributed by atoms with E-state index < -0.39 is 11.9 Å². The van der Waals surface area contributed by atoms with Crippen molar-refractivity contribution < 1.29 is 19.1 Å². The molecule has 0 aliphatic heterocycles. The maximum absolute atomic E-state index is 12.0. The lowest BCUT2D eigenvalue weighted by atomic mass is 10.1. The van der Waals surface area contributed by atoms with Crippen molar-refractivity contribution in [3.63, 3.8) is 0 Å². The van der Waals surface area contributed by atoms with Gasteiger partial charge in [0.15, 0.2) is 0 Å². The summed E-state index contributed by atoms with van der Waals surface area (Å²) in [6.07, 6.45) is 4.27. The van der Waals surface area contributed by atoms with Crippen LogP contribution in [0.15, 0.2) is 54.1 Å². The Balaban J connectivity index is 1.98. The third-order valence-electron chi connectivity index (χ3n) is 3.72. The van der Waals surface area contributed by atoms with Crippen molar-refractivity contribution in [3.05, 3.63) is 75.3 Å². The van der Waals surface area contributed by atoms with Gasteiger partial charge in [-0.15, -0.1) is 0 Å². The van der Waals surface area contributed by atoms with E-state index in [1.165, 1.54) is 19.3 Å². The molecule has 6 nitrogen and oxygen atoms in total. The first-order chi connectivity index (χ1) is 14.4. The quantitative estimate of drug-likeness (QED) is 0.215. The van der Waals surface area contributed by atoms with E-state index in [1.54, 1.807) is 48.5 Å². The van der Waals surface area contributed by atoms with Crippen LogP contribution in [0.25, 0.3) is 12.2 Å². The van der Waals surface area contributed by atoms with E-state index in [2.05, 4.69) is 5.32 Å². The smallest absolute Gasteiger partial charge is 0.336 e. The minimum absolute atomic E-state index is 0.0413. The molecule has 8 heteroatoms. The van der Waals surface area contributed by atoms with E-state index in [0.717, 1.165) is 0 Å². The summed E-state index contributed by atoms with van der Waals surface area (Å²) in [5, 5.41) is 12.6. The Hall–Kier alpha value is -3.11. The SMILES string of the molecule is COCCNC(=O)/C(C#N)=C/c1ccc(OC(=O)/C=C/c2ccc(Cl)c(Cl)c2)cc1. The predicted octanol–water partition coefficient (Wildman–Crippen LogP) is 4.28. The molecule has 2 aromatic rings. The average molecular weight is 445 g/mol. The van der Waals surface area contributed by atoms with Crippen molar-refractivity contribution in [3.8, 4) is 11.8 Å². The number of halogens is 2. The fourth-order valence-electron chi connectivity index (χ4n) is 2.24. The molecule has 0 aromatic heterocycles. The summed E-state index contributed by atoms with van der Waals surface area (Å²) < 4.78 is 10.1. The molecule has 2 aromatic carbocycles. The van der Waals surface area contributed by atoms with Gasteiger partial charge in [-0.05, 0) is 47.5 Å². The molecular formula is C22H18Cl2N2O4. The van der Waals surface area contributed by atoms with Gasteiger partial charge in [0.2, 0.25) is 0 Å². The van der Waals surface area contributed by atoms with Crippen LogP contribution in [-0.2, 0) is 14.3 Å². The summed E-state index contributed by atoms with van der Waals surface area (Å²) in [7, 11) is 1.52. The number of rotatable bonds is 8. The second-order valence-electron chi connectivity index (χ2n) is 5.92. The highest BCUT2D eigenvalue weighted by Crippen LogP contribution is 2.23. The van der Waals surface area contributed by atoms with Gasteiger partial charge in [0.1, 0.15) is 17.4 Å². The number of nitriles is 1. The maximum Gasteiger partial charge on any atom is 0.336 e. The highest BCUT2D eigenvalue weighted by molar-refractivity contribution is 6.42. The Morgan fingerprint density at radius 2 is 1.80 bits per heavy atom. The largest absolute Gasteiger partial charge is 0.423 e. The molecule has 0 radical (unpaired) electrons. The number of amides is 1. The highest BCUT2D eigenvalue weighted by atomic mass is 35.5. The lowest BCUT2D eigenvalue weighted by Crippen LogP contribution is -2.27. The van der Waals surface area contributed by atoms with Crippen molar-refractivity contribution in [2.45, 2.75) is 0 Å². The molecule has 1 amide bonds. The normalized spacial score (nSPS) is 11.2. The van der Waals surface area contributed by atoms with Crippen LogP contribution in [0.3, 0.4) is 0 Å². The Bertz CT molecular complexity index is 1010. The van der Waals surface area contributed by atoms with Crippen LogP contribution in [0.5, 0.6) is 5.75 Å². The molecule has 0 unspecified atom stereocenters.